The number of phenols is 2. The van der Waals surface area contributed by atoms with Crippen LogP contribution >= 0.6 is 0 Å². The Balaban J connectivity index is 0.00000113. The van der Waals surface area contributed by atoms with Crippen molar-refractivity contribution in [2.24, 2.45) is 0 Å². The molecular weight excluding hydrogens is 424 g/mol. The predicted octanol–water partition coefficient (Wildman–Crippen LogP) is 1.99. The molecule has 1 saturated heterocycles. The highest BCUT2D eigenvalue weighted by Crippen LogP contribution is 2.35. The first-order chi connectivity index (χ1) is 14.6. The van der Waals surface area contributed by atoms with Crippen LogP contribution in [0.2, 0.25) is 0 Å². The van der Waals surface area contributed by atoms with Gasteiger partial charge < -0.3 is 30.2 Å². The minimum atomic E-state index is -3.78. The molecule has 172 valence electrons. The highest BCUT2D eigenvalue weighted by atomic mass is 32.2. The Morgan fingerprint density at radius 2 is 1.52 bits per heavy atom. The van der Waals surface area contributed by atoms with Gasteiger partial charge in [0.25, 0.3) is 0 Å². The van der Waals surface area contributed by atoms with E-state index in [-0.39, 0.29) is 40.0 Å². The molecule has 2 aromatic rings. The summed E-state index contributed by atoms with van der Waals surface area (Å²) in [4.78, 5) is 8.06. The van der Waals surface area contributed by atoms with Crippen LogP contribution in [0, 0.1) is 6.92 Å². The van der Waals surface area contributed by atoms with Crippen molar-refractivity contribution in [2.45, 2.75) is 37.8 Å². The van der Waals surface area contributed by atoms with Gasteiger partial charge in [0.2, 0.25) is 10.0 Å². The van der Waals surface area contributed by atoms with Gasteiger partial charge in [0.15, 0.2) is 0 Å². The number of hydrogen-bond acceptors (Lipinski definition) is 8. The van der Waals surface area contributed by atoms with Gasteiger partial charge in [-0.05, 0) is 38.5 Å². The molecule has 9 nitrogen and oxygen atoms in total. The van der Waals surface area contributed by atoms with Crippen molar-refractivity contribution < 1.29 is 33.3 Å². The monoisotopic (exact) mass is 454 g/mol. The van der Waals surface area contributed by atoms with Gasteiger partial charge >= 0.3 is 0 Å². The van der Waals surface area contributed by atoms with Crippen molar-refractivity contribution >= 4 is 16.8 Å². The molecule has 0 amide bonds. The summed E-state index contributed by atoms with van der Waals surface area (Å²) in [5.74, 6) is -0.0585. The standard InChI is InChI=1S/C19H24N2O5S.CH4O.CH2O/c1-12-4-5-18(26-17-8-15(22)7-16(23)9-17)19(6-12)27(24,25)21-10-13(2)20-14(3)11-21;2*1-2/h4-9,13-14,20,22-23H,10-11H2,1-3H3;2H,1H3;1H2. The molecular formula is C21H30N2O7S. The van der Waals surface area contributed by atoms with Gasteiger partial charge in [-0.2, -0.15) is 4.31 Å². The highest BCUT2D eigenvalue weighted by Gasteiger charge is 2.33. The number of nitrogens with zero attached hydrogens (tertiary/aromatic N) is 1. The molecule has 0 aliphatic carbocycles. The van der Waals surface area contributed by atoms with Crippen LogP contribution in [-0.4, -0.2) is 67.1 Å². The molecule has 2 atom stereocenters. The van der Waals surface area contributed by atoms with E-state index in [4.69, 9.17) is 14.6 Å². The van der Waals surface area contributed by atoms with Crippen molar-refractivity contribution in [3.05, 3.63) is 42.0 Å². The zero-order valence-corrected chi connectivity index (χ0v) is 18.9. The molecule has 2 unspecified atom stereocenters. The molecule has 0 spiro atoms. The van der Waals surface area contributed by atoms with E-state index in [1.807, 2.05) is 27.6 Å². The molecule has 1 fully saturated rings. The Morgan fingerprint density at radius 3 is 2.03 bits per heavy atom. The minimum Gasteiger partial charge on any atom is -0.508 e. The van der Waals surface area contributed by atoms with E-state index in [1.165, 1.54) is 22.5 Å². The number of nitrogens with one attached hydrogen (secondary N) is 1. The second-order valence-electron chi connectivity index (χ2n) is 7.03. The average Bonchev–Trinajstić information content (AvgIpc) is 2.71. The number of aliphatic hydroxyl groups is 1. The van der Waals surface area contributed by atoms with E-state index in [2.05, 4.69) is 5.32 Å². The third kappa shape index (κ3) is 6.93. The van der Waals surface area contributed by atoms with Gasteiger partial charge in [-0.1, -0.05) is 6.07 Å². The van der Waals surface area contributed by atoms with Gasteiger partial charge in [-0.3, -0.25) is 0 Å². The third-order valence-electron chi connectivity index (χ3n) is 4.34. The first-order valence-electron chi connectivity index (χ1n) is 9.46. The lowest BCUT2D eigenvalue weighted by Crippen LogP contribution is -2.55. The number of piperazine rings is 1. The zero-order valence-electron chi connectivity index (χ0n) is 18.1. The number of ether oxygens (including phenoxy) is 1. The first kappa shape index (κ1) is 26.4. The van der Waals surface area contributed by atoms with Crippen molar-refractivity contribution in [1.29, 1.82) is 0 Å². The fraction of sp³-hybridized carbons (Fsp3) is 0.381. The summed E-state index contributed by atoms with van der Waals surface area (Å²) in [5.41, 5.74) is 0.788. The van der Waals surface area contributed by atoms with Gasteiger partial charge in [0, 0.05) is 50.5 Å². The summed E-state index contributed by atoms with van der Waals surface area (Å²) in [6.07, 6.45) is 0. The van der Waals surface area contributed by atoms with Crippen LogP contribution in [-0.2, 0) is 14.8 Å². The van der Waals surface area contributed by atoms with Crippen LogP contribution in [0.4, 0.5) is 0 Å². The van der Waals surface area contributed by atoms with Crippen LogP contribution in [0.3, 0.4) is 0 Å². The summed E-state index contributed by atoms with van der Waals surface area (Å²) in [6, 6.07) is 8.78. The Morgan fingerprint density at radius 1 is 1.00 bits per heavy atom. The van der Waals surface area contributed by atoms with Gasteiger partial charge in [-0.15, -0.1) is 0 Å². The quantitative estimate of drug-likeness (QED) is 0.551. The number of rotatable bonds is 4. The van der Waals surface area contributed by atoms with E-state index in [9.17, 15) is 18.6 Å². The van der Waals surface area contributed by atoms with Crippen LogP contribution in [0.15, 0.2) is 41.3 Å². The molecule has 0 bridgehead atoms. The Kier molecular flexibility index (Phi) is 9.92. The fourth-order valence-corrected chi connectivity index (χ4v) is 5.08. The van der Waals surface area contributed by atoms with E-state index in [0.717, 1.165) is 12.7 Å². The van der Waals surface area contributed by atoms with E-state index in [0.29, 0.717) is 13.1 Å². The summed E-state index contributed by atoms with van der Waals surface area (Å²) in [7, 11) is -2.78. The second-order valence-corrected chi connectivity index (χ2v) is 8.93. The molecule has 2 aromatic carbocycles. The van der Waals surface area contributed by atoms with Crippen LogP contribution in [0.5, 0.6) is 23.0 Å². The van der Waals surface area contributed by atoms with Crippen molar-refractivity contribution in [2.75, 3.05) is 20.2 Å². The summed E-state index contributed by atoms with van der Waals surface area (Å²) >= 11 is 0. The largest absolute Gasteiger partial charge is 0.508 e. The fourth-order valence-electron chi connectivity index (χ4n) is 3.27. The normalized spacial score (nSPS) is 18.7. The number of sulfonamides is 1. The van der Waals surface area contributed by atoms with Gasteiger partial charge in [-0.25, -0.2) is 8.42 Å². The summed E-state index contributed by atoms with van der Waals surface area (Å²) in [6.45, 7) is 8.44. The lowest BCUT2D eigenvalue weighted by molar-refractivity contribution is -0.0980. The van der Waals surface area contributed by atoms with E-state index < -0.39 is 10.0 Å². The average molecular weight is 455 g/mol. The smallest absolute Gasteiger partial charge is 0.246 e. The van der Waals surface area contributed by atoms with E-state index in [1.54, 1.807) is 18.2 Å². The first-order valence-corrected chi connectivity index (χ1v) is 10.9. The third-order valence-corrected chi connectivity index (χ3v) is 6.20. The number of phenolic OH excluding ortho intramolecular Hbond substituents is 2. The molecule has 4 N–H and O–H groups in total. The maximum atomic E-state index is 13.3. The SMILES string of the molecule is C=O.CO.Cc1ccc(Oc2cc(O)cc(O)c2)c(S(=O)(=O)N2CC(C)NC(C)C2)c1. The number of aromatic hydroxyl groups is 2. The Bertz CT molecular complexity index is 936. The topological polar surface area (TPSA) is 136 Å². The van der Waals surface area contributed by atoms with Gasteiger partial charge in [0.1, 0.15) is 34.7 Å². The Labute approximate surface area is 183 Å². The minimum absolute atomic E-state index is 0.0423. The highest BCUT2D eigenvalue weighted by molar-refractivity contribution is 7.89. The molecule has 10 heteroatoms. The lowest BCUT2D eigenvalue weighted by atomic mass is 10.2. The number of aryl methyl sites for hydroxylation is 1. The summed E-state index contributed by atoms with van der Waals surface area (Å²) < 4.78 is 33.8. The molecule has 1 aliphatic heterocycles. The predicted molar refractivity (Wildman–Crippen MR) is 117 cm³/mol. The molecule has 0 saturated carbocycles. The molecule has 1 heterocycles. The molecule has 0 radical (unpaired) electrons. The number of carbonyl (C=O) groups excluding carboxylic acids is 1. The Hall–Kier alpha value is -2.66. The number of aliphatic hydroxyl groups excluding tert-OH is 1. The molecule has 0 aromatic heterocycles. The van der Waals surface area contributed by atoms with Crippen LogP contribution in [0.25, 0.3) is 0 Å². The number of hydrogen-bond donors (Lipinski definition) is 4. The maximum Gasteiger partial charge on any atom is 0.246 e. The lowest BCUT2D eigenvalue weighted by Gasteiger charge is -2.35. The van der Waals surface area contributed by atoms with Crippen molar-refractivity contribution in [3.8, 4) is 23.0 Å². The van der Waals surface area contributed by atoms with Crippen LogP contribution < -0.4 is 10.1 Å². The van der Waals surface area contributed by atoms with Crippen molar-refractivity contribution in [1.82, 2.24) is 9.62 Å². The summed E-state index contributed by atoms with van der Waals surface area (Å²) in [5, 5.41) is 29.6. The zero-order chi connectivity index (χ0) is 23.8. The van der Waals surface area contributed by atoms with Gasteiger partial charge in [0.05, 0.1) is 0 Å². The van der Waals surface area contributed by atoms with E-state index >= 15 is 0 Å². The van der Waals surface area contributed by atoms with Crippen molar-refractivity contribution in [3.63, 3.8) is 0 Å². The molecule has 3 rings (SSSR count). The second kappa shape index (κ2) is 11.7. The van der Waals surface area contributed by atoms with Crippen LogP contribution in [0.1, 0.15) is 19.4 Å². The molecule has 31 heavy (non-hydrogen) atoms. The number of benzene rings is 2. The maximum absolute atomic E-state index is 13.3. The molecule has 1 aliphatic rings. The number of carbonyl (C=O) groups is 1.